The third-order valence-electron chi connectivity index (χ3n) is 5.31. The van der Waals surface area contributed by atoms with E-state index >= 15 is 0 Å². The molecule has 1 amide bonds. The number of carbonyl (C=O) groups excluding carboxylic acids is 1. The fourth-order valence-electron chi connectivity index (χ4n) is 3.83. The normalized spacial score (nSPS) is 26.2. The van der Waals surface area contributed by atoms with Gasteiger partial charge in [-0.3, -0.25) is 4.79 Å². The molecular formula is C19H33NO. The lowest BCUT2D eigenvalue weighted by Crippen LogP contribution is -2.34. The Hall–Kier alpha value is -0.790. The molecule has 2 nitrogen and oxygen atoms in total. The maximum atomic E-state index is 12.2. The average Bonchev–Trinajstić information content (AvgIpc) is 2.54. The number of rotatable bonds is 7. The van der Waals surface area contributed by atoms with Crippen molar-refractivity contribution in [2.24, 2.45) is 11.8 Å². The Morgan fingerprint density at radius 1 is 1.24 bits per heavy atom. The Bertz CT molecular complexity index is 339. The summed E-state index contributed by atoms with van der Waals surface area (Å²) in [6.07, 6.45) is 17.4. The summed E-state index contributed by atoms with van der Waals surface area (Å²) in [5, 5.41) is 3.18. The van der Waals surface area contributed by atoms with E-state index in [0.29, 0.717) is 11.8 Å². The molecule has 0 radical (unpaired) electrons. The minimum atomic E-state index is 0.295. The second-order valence-corrected chi connectivity index (χ2v) is 7.01. The first-order valence-electron chi connectivity index (χ1n) is 9.25. The van der Waals surface area contributed by atoms with Gasteiger partial charge in [0.2, 0.25) is 5.91 Å². The van der Waals surface area contributed by atoms with E-state index in [9.17, 15) is 4.79 Å². The highest BCUT2D eigenvalue weighted by Crippen LogP contribution is 2.32. The van der Waals surface area contributed by atoms with Crippen LogP contribution in [0.3, 0.4) is 0 Å². The number of hydrogen-bond acceptors (Lipinski definition) is 1. The molecule has 0 aromatic carbocycles. The van der Waals surface area contributed by atoms with Crippen LogP contribution in [-0.2, 0) is 4.79 Å². The number of hydrogen-bond donors (Lipinski definition) is 1. The Morgan fingerprint density at radius 3 is 2.71 bits per heavy atom. The molecule has 0 saturated heterocycles. The molecule has 0 aromatic heterocycles. The molecule has 2 heteroatoms. The second kappa shape index (κ2) is 9.27. The number of nitrogens with one attached hydrogen (secondary N) is 1. The van der Waals surface area contributed by atoms with E-state index in [1.54, 1.807) is 5.57 Å². The average molecular weight is 291 g/mol. The van der Waals surface area contributed by atoms with Crippen LogP contribution in [-0.4, -0.2) is 12.5 Å². The lowest BCUT2D eigenvalue weighted by molar-refractivity contribution is -0.126. The van der Waals surface area contributed by atoms with Gasteiger partial charge in [0.1, 0.15) is 0 Å². The van der Waals surface area contributed by atoms with Crippen LogP contribution in [0.4, 0.5) is 0 Å². The van der Waals surface area contributed by atoms with Gasteiger partial charge in [0.25, 0.3) is 0 Å². The van der Waals surface area contributed by atoms with Gasteiger partial charge in [-0.2, -0.15) is 0 Å². The van der Waals surface area contributed by atoms with Gasteiger partial charge in [-0.15, -0.1) is 0 Å². The minimum absolute atomic E-state index is 0.295. The van der Waals surface area contributed by atoms with Gasteiger partial charge in [0.05, 0.1) is 0 Å². The molecule has 1 N–H and O–H groups in total. The molecule has 0 heterocycles. The van der Waals surface area contributed by atoms with E-state index in [4.69, 9.17) is 0 Å². The fraction of sp³-hybridized carbons (Fsp3) is 0.842. The molecular weight excluding hydrogens is 258 g/mol. The lowest BCUT2D eigenvalue weighted by Gasteiger charge is -2.27. The summed E-state index contributed by atoms with van der Waals surface area (Å²) in [6, 6.07) is 0. The summed E-state index contributed by atoms with van der Waals surface area (Å²) >= 11 is 0. The first-order chi connectivity index (χ1) is 10.3. The highest BCUT2D eigenvalue weighted by atomic mass is 16.1. The van der Waals surface area contributed by atoms with E-state index in [-0.39, 0.29) is 0 Å². The van der Waals surface area contributed by atoms with Crippen molar-refractivity contribution in [3.63, 3.8) is 0 Å². The number of carbonyl (C=O) groups is 1. The predicted molar refractivity (Wildman–Crippen MR) is 89.2 cm³/mol. The Labute approximate surface area is 130 Å². The van der Waals surface area contributed by atoms with Crippen molar-refractivity contribution < 1.29 is 4.79 Å². The summed E-state index contributed by atoms with van der Waals surface area (Å²) in [6.45, 7) is 3.11. The third kappa shape index (κ3) is 5.84. The van der Waals surface area contributed by atoms with E-state index in [1.807, 2.05) is 0 Å². The largest absolute Gasteiger partial charge is 0.356 e. The minimum Gasteiger partial charge on any atom is -0.356 e. The molecule has 2 aliphatic rings. The predicted octanol–water partition coefficient (Wildman–Crippen LogP) is 4.99. The summed E-state index contributed by atoms with van der Waals surface area (Å²) < 4.78 is 0. The molecule has 0 aromatic rings. The van der Waals surface area contributed by atoms with Gasteiger partial charge in [0.15, 0.2) is 0 Å². The van der Waals surface area contributed by atoms with Crippen molar-refractivity contribution in [1.82, 2.24) is 5.32 Å². The van der Waals surface area contributed by atoms with Crippen molar-refractivity contribution >= 4 is 5.91 Å². The van der Waals surface area contributed by atoms with Crippen LogP contribution < -0.4 is 5.32 Å². The quantitative estimate of drug-likeness (QED) is 0.658. The van der Waals surface area contributed by atoms with Crippen molar-refractivity contribution in [3.8, 4) is 0 Å². The van der Waals surface area contributed by atoms with Crippen LogP contribution in [0, 0.1) is 11.8 Å². The smallest absolute Gasteiger partial charge is 0.223 e. The van der Waals surface area contributed by atoms with E-state index in [0.717, 1.165) is 31.7 Å². The van der Waals surface area contributed by atoms with Crippen molar-refractivity contribution in [2.45, 2.75) is 84.0 Å². The first kappa shape index (κ1) is 16.6. The van der Waals surface area contributed by atoms with Crippen LogP contribution in [0.15, 0.2) is 11.6 Å². The topological polar surface area (TPSA) is 29.1 Å². The molecule has 2 rings (SSSR count). The Morgan fingerprint density at radius 2 is 2.05 bits per heavy atom. The number of allylic oxidation sites excluding steroid dienone is 1. The van der Waals surface area contributed by atoms with Gasteiger partial charge in [0, 0.05) is 12.5 Å². The zero-order valence-electron chi connectivity index (χ0n) is 13.8. The Balaban J connectivity index is 1.60. The summed E-state index contributed by atoms with van der Waals surface area (Å²) in [4.78, 5) is 12.2. The summed E-state index contributed by atoms with van der Waals surface area (Å²) in [7, 11) is 0. The maximum Gasteiger partial charge on any atom is 0.223 e. The number of unbranched alkanes of at least 4 members (excludes halogenated alkanes) is 1. The van der Waals surface area contributed by atoms with Crippen molar-refractivity contribution in [2.75, 3.05) is 6.54 Å². The summed E-state index contributed by atoms with van der Waals surface area (Å²) in [5.74, 6) is 1.50. The van der Waals surface area contributed by atoms with Crippen molar-refractivity contribution in [1.29, 1.82) is 0 Å². The molecule has 120 valence electrons. The molecule has 21 heavy (non-hydrogen) atoms. The highest BCUT2D eigenvalue weighted by Gasteiger charge is 2.25. The molecule has 0 aliphatic heterocycles. The Kier molecular flexibility index (Phi) is 7.32. The van der Waals surface area contributed by atoms with E-state index in [1.165, 1.54) is 57.8 Å². The molecule has 0 atom stereocenters. The fourth-order valence-corrected chi connectivity index (χ4v) is 3.83. The van der Waals surface area contributed by atoms with Crippen LogP contribution in [0.1, 0.15) is 84.0 Å². The molecule has 1 saturated carbocycles. The zero-order chi connectivity index (χ0) is 14.9. The van der Waals surface area contributed by atoms with Crippen LogP contribution >= 0.6 is 0 Å². The third-order valence-corrected chi connectivity index (χ3v) is 5.31. The second-order valence-electron chi connectivity index (χ2n) is 7.01. The van der Waals surface area contributed by atoms with Gasteiger partial charge >= 0.3 is 0 Å². The first-order valence-corrected chi connectivity index (χ1v) is 9.25. The number of amides is 1. The summed E-state index contributed by atoms with van der Waals surface area (Å²) in [5.41, 5.74) is 1.56. The monoisotopic (exact) mass is 291 g/mol. The molecule has 1 fully saturated rings. The van der Waals surface area contributed by atoms with Gasteiger partial charge in [-0.05, 0) is 63.7 Å². The molecule has 2 aliphatic carbocycles. The molecule has 0 unspecified atom stereocenters. The van der Waals surface area contributed by atoms with Gasteiger partial charge in [-0.25, -0.2) is 0 Å². The van der Waals surface area contributed by atoms with Crippen LogP contribution in [0.25, 0.3) is 0 Å². The van der Waals surface area contributed by atoms with Gasteiger partial charge < -0.3 is 5.32 Å². The van der Waals surface area contributed by atoms with Crippen LogP contribution in [0.5, 0.6) is 0 Å². The van der Waals surface area contributed by atoms with Gasteiger partial charge in [-0.1, -0.05) is 37.8 Å². The van der Waals surface area contributed by atoms with Crippen LogP contribution in [0.2, 0.25) is 0 Å². The van der Waals surface area contributed by atoms with E-state index < -0.39 is 0 Å². The van der Waals surface area contributed by atoms with E-state index in [2.05, 4.69) is 18.3 Å². The molecule has 0 spiro atoms. The van der Waals surface area contributed by atoms with Crippen molar-refractivity contribution in [3.05, 3.63) is 11.6 Å². The standard InChI is InChI=1S/C19H33NO/c1-2-3-7-17-10-12-18(13-11-17)19(21)20-15-14-16-8-5-4-6-9-16/h8,17-18H,2-7,9-15H2,1H3,(H,20,21). The SMILES string of the molecule is CCCCC1CCC(C(=O)NCCC2=CCCCC2)CC1. The lowest BCUT2D eigenvalue weighted by atomic mass is 9.79. The molecule has 0 bridgehead atoms. The zero-order valence-corrected chi connectivity index (χ0v) is 13.8. The highest BCUT2D eigenvalue weighted by molar-refractivity contribution is 5.78. The maximum absolute atomic E-state index is 12.2.